The molecule has 0 fully saturated rings. The van der Waals surface area contributed by atoms with E-state index in [9.17, 15) is 15.0 Å². The summed E-state index contributed by atoms with van der Waals surface area (Å²) in [6.45, 7) is 7.69. The van der Waals surface area contributed by atoms with Crippen LogP contribution in [-0.2, 0) is 5.41 Å². The number of carboxylic acid groups (broad SMARTS) is 1. The van der Waals surface area contributed by atoms with Crippen molar-refractivity contribution in [1.82, 2.24) is 9.78 Å². The molecule has 0 aliphatic rings. The number of rotatable bonds is 2. The maximum absolute atomic E-state index is 11.4. The van der Waals surface area contributed by atoms with Crippen LogP contribution in [0, 0.1) is 6.92 Å². The Morgan fingerprint density at radius 3 is 2.45 bits per heavy atom. The van der Waals surface area contributed by atoms with Crippen LogP contribution in [0.1, 0.15) is 42.4 Å². The van der Waals surface area contributed by atoms with Crippen LogP contribution >= 0.6 is 0 Å². The molecule has 5 nitrogen and oxygen atoms in total. The Morgan fingerprint density at radius 2 is 1.95 bits per heavy atom. The minimum Gasteiger partial charge on any atom is -0.508 e. The van der Waals surface area contributed by atoms with E-state index in [0.29, 0.717) is 5.69 Å². The van der Waals surface area contributed by atoms with E-state index in [0.717, 1.165) is 11.3 Å². The molecule has 0 spiro atoms. The highest BCUT2D eigenvalue weighted by atomic mass is 16.4. The van der Waals surface area contributed by atoms with Gasteiger partial charge in [0.15, 0.2) is 0 Å². The predicted molar refractivity (Wildman–Crippen MR) is 75.6 cm³/mol. The first-order valence-corrected chi connectivity index (χ1v) is 6.33. The molecule has 1 aromatic carbocycles. The molecular weight excluding hydrogens is 256 g/mol. The molecular formula is C15H18N2O3. The van der Waals surface area contributed by atoms with E-state index in [2.05, 4.69) is 5.10 Å². The van der Waals surface area contributed by atoms with Crippen LogP contribution in [0.15, 0.2) is 24.4 Å². The second-order valence-corrected chi connectivity index (χ2v) is 5.84. The van der Waals surface area contributed by atoms with Gasteiger partial charge in [0.2, 0.25) is 0 Å². The van der Waals surface area contributed by atoms with Crippen molar-refractivity contribution in [2.24, 2.45) is 0 Å². The Balaban J connectivity index is 2.72. The van der Waals surface area contributed by atoms with Crippen molar-refractivity contribution in [3.8, 4) is 11.4 Å². The lowest BCUT2D eigenvalue weighted by Gasteiger charge is -2.22. The molecule has 0 unspecified atom stereocenters. The van der Waals surface area contributed by atoms with E-state index in [1.54, 1.807) is 22.9 Å². The molecule has 106 valence electrons. The van der Waals surface area contributed by atoms with Gasteiger partial charge in [-0.2, -0.15) is 5.10 Å². The molecule has 0 aliphatic heterocycles. The van der Waals surface area contributed by atoms with Gasteiger partial charge in [-0.15, -0.1) is 0 Å². The zero-order valence-electron chi connectivity index (χ0n) is 12.0. The number of carboxylic acids is 1. The molecule has 5 heteroatoms. The van der Waals surface area contributed by atoms with Crippen molar-refractivity contribution < 1.29 is 15.0 Å². The van der Waals surface area contributed by atoms with E-state index in [-0.39, 0.29) is 16.7 Å². The van der Waals surface area contributed by atoms with E-state index in [4.69, 9.17) is 0 Å². The second-order valence-electron chi connectivity index (χ2n) is 5.84. The lowest BCUT2D eigenvalue weighted by Crippen LogP contribution is -2.21. The summed E-state index contributed by atoms with van der Waals surface area (Å²) in [5.74, 6) is -0.813. The third kappa shape index (κ3) is 2.39. The molecule has 0 bridgehead atoms. The highest BCUT2D eigenvalue weighted by molar-refractivity contribution is 5.89. The Morgan fingerprint density at radius 1 is 1.30 bits per heavy atom. The van der Waals surface area contributed by atoms with Crippen molar-refractivity contribution in [2.45, 2.75) is 33.1 Å². The second kappa shape index (κ2) is 4.67. The van der Waals surface area contributed by atoms with Gasteiger partial charge in [0.05, 0.1) is 17.6 Å². The normalized spacial score (nSPS) is 11.6. The monoisotopic (exact) mass is 274 g/mol. The predicted octanol–water partition coefficient (Wildman–Crippen LogP) is 2.88. The zero-order chi connectivity index (χ0) is 15.1. The average molecular weight is 274 g/mol. The van der Waals surface area contributed by atoms with Crippen LogP contribution in [0.5, 0.6) is 5.75 Å². The summed E-state index contributed by atoms with van der Waals surface area (Å²) >= 11 is 0. The fraction of sp³-hybridized carbons (Fsp3) is 0.333. The molecule has 2 aromatic rings. The molecule has 0 atom stereocenters. The largest absolute Gasteiger partial charge is 0.508 e. The average Bonchev–Trinajstić information content (AvgIpc) is 2.73. The number of nitrogens with zero attached hydrogens (tertiary/aromatic N) is 2. The molecule has 1 aromatic heterocycles. The molecule has 0 saturated heterocycles. The summed E-state index contributed by atoms with van der Waals surface area (Å²) in [5, 5.41) is 23.0. The van der Waals surface area contributed by atoms with E-state index in [1.807, 2.05) is 27.7 Å². The van der Waals surface area contributed by atoms with Crippen molar-refractivity contribution >= 4 is 5.97 Å². The van der Waals surface area contributed by atoms with Gasteiger partial charge in [-0.1, -0.05) is 20.8 Å². The number of phenolic OH excluding ortho intramolecular Hbond substituents is 1. The molecule has 2 rings (SSSR count). The first-order valence-electron chi connectivity index (χ1n) is 6.33. The third-order valence-corrected chi connectivity index (χ3v) is 3.12. The van der Waals surface area contributed by atoms with Gasteiger partial charge in [-0.3, -0.25) is 0 Å². The summed E-state index contributed by atoms with van der Waals surface area (Å²) in [6.07, 6.45) is 1.37. The first kappa shape index (κ1) is 14.1. The number of benzene rings is 1. The van der Waals surface area contributed by atoms with Gasteiger partial charge in [-0.25, -0.2) is 9.48 Å². The Labute approximate surface area is 117 Å². The third-order valence-electron chi connectivity index (χ3n) is 3.12. The number of hydrogen-bond donors (Lipinski definition) is 2. The van der Waals surface area contributed by atoms with Gasteiger partial charge in [0.1, 0.15) is 11.3 Å². The maximum atomic E-state index is 11.4. The molecule has 0 saturated carbocycles. The Hall–Kier alpha value is -2.30. The molecule has 2 N–H and O–H groups in total. The van der Waals surface area contributed by atoms with E-state index < -0.39 is 5.97 Å². The minimum absolute atomic E-state index is 0.175. The number of hydrogen-bond acceptors (Lipinski definition) is 3. The first-order chi connectivity index (χ1) is 9.21. The summed E-state index contributed by atoms with van der Waals surface area (Å²) in [6, 6.07) is 4.93. The van der Waals surface area contributed by atoms with Crippen molar-refractivity contribution in [3.05, 3.63) is 41.2 Å². The van der Waals surface area contributed by atoms with Crippen molar-refractivity contribution in [3.63, 3.8) is 0 Å². The summed E-state index contributed by atoms with van der Waals surface area (Å²) in [7, 11) is 0. The van der Waals surface area contributed by atoms with Crippen LogP contribution in [0.2, 0.25) is 0 Å². The van der Waals surface area contributed by atoms with Gasteiger partial charge in [0, 0.05) is 5.41 Å². The Kier molecular flexibility index (Phi) is 3.29. The number of aromatic hydroxyl groups is 1. The van der Waals surface area contributed by atoms with Gasteiger partial charge >= 0.3 is 5.97 Å². The quantitative estimate of drug-likeness (QED) is 0.883. The fourth-order valence-corrected chi connectivity index (χ4v) is 2.29. The molecule has 0 aliphatic carbocycles. The molecule has 20 heavy (non-hydrogen) atoms. The summed E-state index contributed by atoms with van der Waals surface area (Å²) in [5.41, 5.74) is 2.06. The zero-order valence-corrected chi connectivity index (χ0v) is 12.0. The fourth-order valence-electron chi connectivity index (χ4n) is 2.29. The topological polar surface area (TPSA) is 75.3 Å². The lowest BCUT2D eigenvalue weighted by molar-refractivity contribution is 0.0694. The number of phenols is 1. The standard InChI is InChI=1S/C15H18N2O3/c1-9-7-10(18)5-6-12(9)17-13(15(2,3)4)11(8-16-17)14(19)20/h5-8,18H,1-4H3,(H,19,20). The van der Waals surface area contributed by atoms with Crippen LogP contribution < -0.4 is 0 Å². The molecule has 0 amide bonds. The Bertz CT molecular complexity index is 666. The van der Waals surface area contributed by atoms with E-state index in [1.165, 1.54) is 6.20 Å². The van der Waals surface area contributed by atoms with E-state index >= 15 is 0 Å². The number of aryl methyl sites for hydroxylation is 1. The maximum Gasteiger partial charge on any atom is 0.339 e. The number of aromatic carboxylic acids is 1. The summed E-state index contributed by atoms with van der Waals surface area (Å²) < 4.78 is 1.64. The number of aromatic nitrogens is 2. The van der Waals surface area contributed by atoms with Gasteiger partial charge < -0.3 is 10.2 Å². The van der Waals surface area contributed by atoms with Crippen LogP contribution in [0.3, 0.4) is 0 Å². The SMILES string of the molecule is Cc1cc(O)ccc1-n1ncc(C(=O)O)c1C(C)(C)C. The lowest BCUT2D eigenvalue weighted by atomic mass is 9.89. The summed E-state index contributed by atoms with van der Waals surface area (Å²) in [4.78, 5) is 11.4. The highest BCUT2D eigenvalue weighted by Gasteiger charge is 2.28. The van der Waals surface area contributed by atoms with Gasteiger partial charge in [0.25, 0.3) is 0 Å². The van der Waals surface area contributed by atoms with Gasteiger partial charge in [-0.05, 0) is 30.7 Å². The van der Waals surface area contributed by atoms with Crippen LogP contribution in [0.4, 0.5) is 0 Å². The smallest absolute Gasteiger partial charge is 0.339 e. The van der Waals surface area contributed by atoms with Crippen LogP contribution in [-0.4, -0.2) is 26.0 Å². The molecule has 1 heterocycles. The minimum atomic E-state index is -0.988. The highest BCUT2D eigenvalue weighted by Crippen LogP contribution is 2.30. The van der Waals surface area contributed by atoms with Crippen LogP contribution in [0.25, 0.3) is 5.69 Å². The number of carbonyl (C=O) groups is 1. The van der Waals surface area contributed by atoms with Crippen molar-refractivity contribution in [2.75, 3.05) is 0 Å². The van der Waals surface area contributed by atoms with Crippen molar-refractivity contribution in [1.29, 1.82) is 0 Å². The molecule has 0 radical (unpaired) electrons.